The van der Waals surface area contributed by atoms with Gasteiger partial charge in [-0.3, -0.25) is 4.79 Å². The summed E-state index contributed by atoms with van der Waals surface area (Å²) in [4.78, 5) is 21.7. The van der Waals surface area contributed by atoms with Gasteiger partial charge in [-0.25, -0.2) is 4.79 Å². The third kappa shape index (κ3) is 2.03. The Kier molecular flexibility index (Phi) is 2.59. The van der Waals surface area contributed by atoms with E-state index < -0.39 is 5.97 Å². The van der Waals surface area contributed by atoms with Crippen LogP contribution in [0.25, 0.3) is 0 Å². The lowest BCUT2D eigenvalue weighted by molar-refractivity contribution is -0.131. The number of ether oxygens (including phenoxy) is 2. The van der Waals surface area contributed by atoms with Crippen LogP contribution in [0.2, 0.25) is 0 Å². The van der Waals surface area contributed by atoms with Crippen molar-refractivity contribution in [2.45, 2.75) is 0 Å². The summed E-state index contributed by atoms with van der Waals surface area (Å²) in [5.41, 5.74) is 0.363. The zero-order valence-corrected chi connectivity index (χ0v) is 8.17. The monoisotopic (exact) mass is 220 g/mol. The number of carbonyl (C=O) groups is 2. The van der Waals surface area contributed by atoms with Crippen molar-refractivity contribution >= 4 is 11.8 Å². The van der Waals surface area contributed by atoms with Gasteiger partial charge in [0.1, 0.15) is 0 Å². The van der Waals surface area contributed by atoms with E-state index in [2.05, 4.69) is 0 Å². The summed E-state index contributed by atoms with van der Waals surface area (Å²) < 4.78 is 10.2. The maximum absolute atomic E-state index is 11.5. The maximum atomic E-state index is 11.5. The first-order valence-corrected chi connectivity index (χ1v) is 4.52. The van der Waals surface area contributed by atoms with Crippen molar-refractivity contribution in [1.82, 2.24) is 0 Å². The SMILES string of the molecule is O=C(O)/C=C/C(=O)c1ccc2c(c1)OCO2. The molecule has 0 amide bonds. The van der Waals surface area contributed by atoms with Crippen LogP contribution < -0.4 is 9.47 Å². The molecule has 0 bridgehead atoms. The fourth-order valence-corrected chi connectivity index (χ4v) is 1.29. The third-order valence-electron chi connectivity index (χ3n) is 2.03. The molecule has 5 heteroatoms. The standard InChI is InChI=1S/C11H8O5/c12-8(2-4-11(13)14)7-1-3-9-10(5-7)16-6-15-9/h1-5H,6H2,(H,13,14)/b4-2+. The van der Waals surface area contributed by atoms with Gasteiger partial charge in [0.2, 0.25) is 6.79 Å². The van der Waals surface area contributed by atoms with Gasteiger partial charge in [-0.2, -0.15) is 0 Å². The van der Waals surface area contributed by atoms with Crippen molar-refractivity contribution in [2.24, 2.45) is 0 Å². The van der Waals surface area contributed by atoms with Crippen LogP contribution in [0.4, 0.5) is 0 Å². The van der Waals surface area contributed by atoms with E-state index in [0.29, 0.717) is 17.1 Å². The zero-order chi connectivity index (χ0) is 11.5. The molecule has 1 aliphatic heterocycles. The Bertz CT molecular complexity index is 475. The molecular weight excluding hydrogens is 212 g/mol. The first-order valence-electron chi connectivity index (χ1n) is 4.52. The fraction of sp³-hybridized carbons (Fsp3) is 0.0909. The fourth-order valence-electron chi connectivity index (χ4n) is 1.29. The minimum absolute atomic E-state index is 0.137. The summed E-state index contributed by atoms with van der Waals surface area (Å²) in [6.45, 7) is 0.137. The molecule has 0 saturated carbocycles. The molecule has 16 heavy (non-hydrogen) atoms. The first kappa shape index (κ1) is 10.2. The Hall–Kier alpha value is -2.30. The van der Waals surface area contributed by atoms with Crippen LogP contribution in [0.1, 0.15) is 10.4 Å². The minimum Gasteiger partial charge on any atom is -0.478 e. The molecule has 0 unspecified atom stereocenters. The van der Waals surface area contributed by atoms with E-state index in [-0.39, 0.29) is 12.6 Å². The van der Waals surface area contributed by atoms with Gasteiger partial charge in [-0.1, -0.05) is 0 Å². The van der Waals surface area contributed by atoms with Gasteiger partial charge >= 0.3 is 5.97 Å². The number of fused-ring (bicyclic) bond motifs is 1. The van der Waals surface area contributed by atoms with Gasteiger partial charge in [0, 0.05) is 11.6 Å². The molecule has 5 nitrogen and oxygen atoms in total. The molecule has 2 rings (SSSR count). The average molecular weight is 220 g/mol. The number of carboxylic acid groups (broad SMARTS) is 1. The minimum atomic E-state index is -1.16. The molecule has 1 aromatic carbocycles. The van der Waals surface area contributed by atoms with Crippen LogP contribution in [0.15, 0.2) is 30.4 Å². The molecule has 0 aromatic heterocycles. The average Bonchev–Trinajstić information content (AvgIpc) is 2.72. The number of carbonyl (C=O) groups excluding carboxylic acids is 1. The molecule has 1 N–H and O–H groups in total. The molecule has 0 aliphatic carbocycles. The third-order valence-corrected chi connectivity index (χ3v) is 2.03. The van der Waals surface area contributed by atoms with Crippen molar-refractivity contribution in [2.75, 3.05) is 6.79 Å². The van der Waals surface area contributed by atoms with Gasteiger partial charge < -0.3 is 14.6 Å². The molecule has 0 radical (unpaired) electrons. The van der Waals surface area contributed by atoms with Gasteiger partial charge in [0.05, 0.1) is 0 Å². The number of hydrogen-bond acceptors (Lipinski definition) is 4. The van der Waals surface area contributed by atoms with Crippen LogP contribution in [0, 0.1) is 0 Å². The number of allylic oxidation sites excluding steroid dienone is 1. The molecule has 1 heterocycles. The normalized spacial score (nSPS) is 13.0. The van der Waals surface area contributed by atoms with E-state index in [1.54, 1.807) is 12.1 Å². The highest BCUT2D eigenvalue weighted by Gasteiger charge is 2.15. The number of carboxylic acids is 1. The summed E-state index contributed by atoms with van der Waals surface area (Å²) in [7, 11) is 0. The van der Waals surface area contributed by atoms with Crippen molar-refractivity contribution in [3.05, 3.63) is 35.9 Å². The number of ketones is 1. The van der Waals surface area contributed by atoms with Gasteiger partial charge in [0.25, 0.3) is 0 Å². The number of rotatable bonds is 3. The Labute approximate surface area is 90.9 Å². The molecule has 0 atom stereocenters. The van der Waals surface area contributed by atoms with E-state index in [9.17, 15) is 9.59 Å². The van der Waals surface area contributed by atoms with Gasteiger partial charge in [-0.15, -0.1) is 0 Å². The summed E-state index contributed by atoms with van der Waals surface area (Å²) in [6, 6.07) is 4.70. The number of hydrogen-bond donors (Lipinski definition) is 1. The molecule has 0 saturated heterocycles. The first-order chi connectivity index (χ1) is 7.66. The van der Waals surface area contributed by atoms with Crippen LogP contribution >= 0.6 is 0 Å². The molecule has 1 aromatic rings. The Morgan fingerprint density at radius 3 is 2.69 bits per heavy atom. The highest BCUT2D eigenvalue weighted by Crippen LogP contribution is 2.32. The molecule has 1 aliphatic rings. The number of aliphatic carboxylic acids is 1. The number of benzene rings is 1. The van der Waals surface area contributed by atoms with Gasteiger partial charge in [-0.05, 0) is 24.3 Å². The topological polar surface area (TPSA) is 72.8 Å². The molecule has 0 fully saturated rings. The second-order valence-electron chi connectivity index (χ2n) is 3.10. The van der Waals surface area contributed by atoms with Crippen molar-refractivity contribution in [3.8, 4) is 11.5 Å². The lowest BCUT2D eigenvalue weighted by Crippen LogP contribution is -1.96. The summed E-state index contributed by atoms with van der Waals surface area (Å²) >= 11 is 0. The molecule has 82 valence electrons. The maximum Gasteiger partial charge on any atom is 0.328 e. The molecule has 0 spiro atoms. The van der Waals surface area contributed by atoms with Crippen molar-refractivity contribution < 1.29 is 24.2 Å². The summed E-state index contributed by atoms with van der Waals surface area (Å²) in [6.07, 6.45) is 1.80. The van der Waals surface area contributed by atoms with E-state index in [4.69, 9.17) is 14.6 Å². The van der Waals surface area contributed by atoms with E-state index in [0.717, 1.165) is 12.2 Å². The van der Waals surface area contributed by atoms with Crippen molar-refractivity contribution in [1.29, 1.82) is 0 Å². The second-order valence-corrected chi connectivity index (χ2v) is 3.10. The van der Waals surface area contributed by atoms with E-state index in [1.165, 1.54) is 6.07 Å². The van der Waals surface area contributed by atoms with Crippen LogP contribution in [-0.2, 0) is 4.79 Å². The lowest BCUT2D eigenvalue weighted by Gasteiger charge is -1.98. The summed E-state index contributed by atoms with van der Waals surface area (Å²) in [5, 5.41) is 8.38. The highest BCUT2D eigenvalue weighted by molar-refractivity contribution is 6.07. The van der Waals surface area contributed by atoms with Crippen LogP contribution in [-0.4, -0.2) is 23.7 Å². The van der Waals surface area contributed by atoms with Crippen LogP contribution in [0.5, 0.6) is 11.5 Å². The second kappa shape index (κ2) is 4.06. The van der Waals surface area contributed by atoms with Crippen molar-refractivity contribution in [3.63, 3.8) is 0 Å². The Morgan fingerprint density at radius 1 is 1.19 bits per heavy atom. The smallest absolute Gasteiger partial charge is 0.328 e. The quantitative estimate of drug-likeness (QED) is 0.612. The lowest BCUT2D eigenvalue weighted by atomic mass is 10.1. The van der Waals surface area contributed by atoms with Gasteiger partial charge in [0.15, 0.2) is 17.3 Å². The van der Waals surface area contributed by atoms with Crippen LogP contribution in [0.3, 0.4) is 0 Å². The molecular formula is C11H8O5. The largest absolute Gasteiger partial charge is 0.478 e. The highest BCUT2D eigenvalue weighted by atomic mass is 16.7. The predicted molar refractivity (Wildman–Crippen MR) is 53.7 cm³/mol. The Morgan fingerprint density at radius 2 is 1.94 bits per heavy atom. The zero-order valence-electron chi connectivity index (χ0n) is 8.17. The van der Waals surface area contributed by atoms with E-state index >= 15 is 0 Å². The summed E-state index contributed by atoms with van der Waals surface area (Å²) in [5.74, 6) is -0.469. The Balaban J connectivity index is 2.21. The predicted octanol–water partition coefficient (Wildman–Crippen LogP) is 1.24. The van der Waals surface area contributed by atoms with E-state index in [1.807, 2.05) is 0 Å².